The first-order chi connectivity index (χ1) is 19.9. The van der Waals surface area contributed by atoms with Crippen LogP contribution in [0.2, 0.25) is 5.02 Å². The Bertz CT molecular complexity index is 2000. The van der Waals surface area contributed by atoms with Crippen LogP contribution in [0.4, 0.5) is 0 Å². The maximum atomic E-state index is 13.6. The summed E-state index contributed by atoms with van der Waals surface area (Å²) >= 11 is 13.1. The Hall–Kier alpha value is -3.92. The molecule has 0 N–H and O–H groups in total. The molecule has 0 saturated heterocycles. The number of rotatable bonds is 7. The van der Waals surface area contributed by atoms with Gasteiger partial charge in [-0.15, -0.1) is 0 Å². The standard InChI is InChI=1S/C31H20Br2ClN3O4/c1-39-27-14-20(24(33)15-28(27)40-17-18-6-9-22(34)10-7-18)16-35-37-30(36-25-5-3-2-4-23(25)31(37)38)29-13-19-12-21(32)8-11-26(19)41-29/h2-16H,17H2,1H3. The summed E-state index contributed by atoms with van der Waals surface area (Å²) in [6.07, 6.45) is 1.57. The van der Waals surface area contributed by atoms with Crippen LogP contribution in [0.15, 0.2) is 108 Å². The molecule has 2 heterocycles. The Morgan fingerprint density at radius 1 is 1.00 bits per heavy atom. The third-order valence-corrected chi connectivity index (χ3v) is 7.79. The summed E-state index contributed by atoms with van der Waals surface area (Å²) in [6, 6.07) is 25.7. The molecule has 0 bridgehead atoms. The Labute approximate surface area is 256 Å². The second-order valence-electron chi connectivity index (χ2n) is 9.05. The van der Waals surface area contributed by atoms with E-state index in [1.165, 1.54) is 4.68 Å². The van der Waals surface area contributed by atoms with Gasteiger partial charge in [-0.25, -0.2) is 4.98 Å². The molecule has 0 atom stereocenters. The fourth-order valence-corrected chi connectivity index (χ4v) is 5.23. The number of methoxy groups -OCH3 is 1. The summed E-state index contributed by atoms with van der Waals surface area (Å²) in [5, 5.41) is 6.54. The van der Waals surface area contributed by atoms with Crippen LogP contribution in [0.5, 0.6) is 11.5 Å². The fourth-order valence-electron chi connectivity index (χ4n) is 4.30. The van der Waals surface area contributed by atoms with Crippen LogP contribution in [0.25, 0.3) is 33.5 Å². The third-order valence-electron chi connectivity index (χ3n) is 6.36. The quantitative estimate of drug-likeness (QED) is 0.157. The monoisotopic (exact) mass is 691 g/mol. The molecule has 0 saturated carbocycles. The molecule has 41 heavy (non-hydrogen) atoms. The van der Waals surface area contributed by atoms with Crippen LogP contribution < -0.4 is 15.0 Å². The van der Waals surface area contributed by atoms with Crippen molar-refractivity contribution in [2.24, 2.45) is 5.10 Å². The minimum Gasteiger partial charge on any atom is -0.493 e. The number of fused-ring (bicyclic) bond motifs is 2. The van der Waals surface area contributed by atoms with E-state index in [-0.39, 0.29) is 11.4 Å². The van der Waals surface area contributed by atoms with Crippen molar-refractivity contribution in [2.75, 3.05) is 7.11 Å². The van der Waals surface area contributed by atoms with Crippen LogP contribution in [-0.2, 0) is 6.61 Å². The number of hydrogen-bond acceptors (Lipinski definition) is 6. The van der Waals surface area contributed by atoms with Gasteiger partial charge in [0.05, 0.1) is 24.2 Å². The second-order valence-corrected chi connectivity index (χ2v) is 11.3. The van der Waals surface area contributed by atoms with Crippen molar-refractivity contribution in [1.82, 2.24) is 9.66 Å². The van der Waals surface area contributed by atoms with E-state index >= 15 is 0 Å². The van der Waals surface area contributed by atoms with E-state index < -0.39 is 0 Å². The highest BCUT2D eigenvalue weighted by Gasteiger charge is 2.17. The molecule has 0 unspecified atom stereocenters. The van der Waals surface area contributed by atoms with Crippen LogP contribution in [0, 0.1) is 0 Å². The minimum absolute atomic E-state index is 0.281. The summed E-state index contributed by atoms with van der Waals surface area (Å²) in [4.78, 5) is 18.4. The molecule has 0 aliphatic carbocycles. The van der Waals surface area contributed by atoms with E-state index in [2.05, 4.69) is 37.0 Å². The molecule has 10 heteroatoms. The highest BCUT2D eigenvalue weighted by atomic mass is 79.9. The van der Waals surface area contributed by atoms with Crippen LogP contribution in [0.3, 0.4) is 0 Å². The number of aromatic nitrogens is 2. The lowest BCUT2D eigenvalue weighted by Gasteiger charge is -2.13. The molecule has 0 fully saturated rings. The molecule has 0 spiro atoms. The number of para-hydroxylation sites is 1. The Kier molecular flexibility index (Phi) is 7.66. The molecule has 204 valence electrons. The van der Waals surface area contributed by atoms with Gasteiger partial charge in [0.2, 0.25) is 5.82 Å². The molecule has 4 aromatic carbocycles. The fraction of sp³-hybridized carbons (Fsp3) is 0.0645. The number of nitrogens with zero attached hydrogens (tertiary/aromatic N) is 3. The number of hydrogen-bond donors (Lipinski definition) is 0. The van der Waals surface area contributed by atoms with Gasteiger partial charge >= 0.3 is 0 Å². The van der Waals surface area contributed by atoms with Gasteiger partial charge in [-0.2, -0.15) is 9.78 Å². The highest BCUT2D eigenvalue weighted by molar-refractivity contribution is 9.10. The normalized spacial score (nSPS) is 11.5. The zero-order valence-corrected chi connectivity index (χ0v) is 25.4. The minimum atomic E-state index is -0.325. The molecule has 0 amide bonds. The topological polar surface area (TPSA) is 78.9 Å². The first-order valence-electron chi connectivity index (χ1n) is 12.4. The van der Waals surface area contributed by atoms with E-state index in [9.17, 15) is 4.79 Å². The highest BCUT2D eigenvalue weighted by Crippen LogP contribution is 2.34. The van der Waals surface area contributed by atoms with Gasteiger partial charge in [0, 0.05) is 24.9 Å². The molecule has 2 aromatic heterocycles. The van der Waals surface area contributed by atoms with Crippen molar-refractivity contribution in [3.63, 3.8) is 0 Å². The van der Waals surface area contributed by atoms with Crippen LogP contribution >= 0.6 is 43.5 Å². The number of halogens is 3. The molecule has 6 rings (SSSR count). The van der Waals surface area contributed by atoms with E-state index in [4.69, 9.17) is 30.5 Å². The lowest BCUT2D eigenvalue weighted by molar-refractivity contribution is 0.284. The van der Waals surface area contributed by atoms with E-state index in [0.29, 0.717) is 55.4 Å². The van der Waals surface area contributed by atoms with Gasteiger partial charge in [-0.1, -0.05) is 51.8 Å². The number of benzene rings is 4. The summed E-state index contributed by atoms with van der Waals surface area (Å²) in [5.74, 6) is 1.75. The Morgan fingerprint density at radius 3 is 2.61 bits per heavy atom. The van der Waals surface area contributed by atoms with Gasteiger partial charge < -0.3 is 13.9 Å². The van der Waals surface area contributed by atoms with Gasteiger partial charge in [0.1, 0.15) is 12.2 Å². The van der Waals surface area contributed by atoms with Gasteiger partial charge in [-0.05, 0) is 82.2 Å². The summed E-state index contributed by atoms with van der Waals surface area (Å²) < 4.78 is 20.5. The number of ether oxygens (including phenoxy) is 2. The van der Waals surface area contributed by atoms with Crippen molar-refractivity contribution in [1.29, 1.82) is 0 Å². The smallest absolute Gasteiger partial charge is 0.282 e. The summed E-state index contributed by atoms with van der Waals surface area (Å²) in [6.45, 7) is 0.336. The molecule has 6 aromatic rings. The summed E-state index contributed by atoms with van der Waals surface area (Å²) in [7, 11) is 1.56. The van der Waals surface area contributed by atoms with Crippen molar-refractivity contribution >= 4 is 71.5 Å². The van der Waals surface area contributed by atoms with Crippen molar-refractivity contribution in [3.05, 3.63) is 120 Å². The average Bonchev–Trinajstić information content (AvgIpc) is 3.40. The van der Waals surface area contributed by atoms with Gasteiger partial charge in [0.15, 0.2) is 17.3 Å². The number of furan rings is 1. The van der Waals surface area contributed by atoms with Gasteiger partial charge in [0.25, 0.3) is 5.56 Å². The van der Waals surface area contributed by atoms with E-state index in [1.807, 2.05) is 54.6 Å². The Morgan fingerprint density at radius 2 is 1.80 bits per heavy atom. The first kappa shape index (κ1) is 27.3. The zero-order valence-electron chi connectivity index (χ0n) is 21.5. The summed E-state index contributed by atoms with van der Waals surface area (Å²) in [5.41, 5.74) is 2.52. The Balaban J connectivity index is 1.39. The van der Waals surface area contributed by atoms with E-state index in [0.717, 1.165) is 15.4 Å². The predicted octanol–water partition coefficient (Wildman–Crippen LogP) is 8.46. The molecule has 0 radical (unpaired) electrons. The average molecular weight is 694 g/mol. The molecular weight excluding hydrogens is 674 g/mol. The van der Waals surface area contributed by atoms with Crippen molar-refractivity contribution in [3.8, 4) is 23.1 Å². The van der Waals surface area contributed by atoms with Crippen LogP contribution in [-0.4, -0.2) is 23.0 Å². The zero-order chi connectivity index (χ0) is 28.5. The second kappa shape index (κ2) is 11.5. The predicted molar refractivity (Wildman–Crippen MR) is 168 cm³/mol. The molecule has 0 aliphatic rings. The lowest BCUT2D eigenvalue weighted by atomic mass is 10.2. The maximum Gasteiger partial charge on any atom is 0.282 e. The first-order valence-corrected chi connectivity index (χ1v) is 14.4. The van der Waals surface area contributed by atoms with Crippen molar-refractivity contribution in [2.45, 2.75) is 6.61 Å². The molecule has 7 nitrogen and oxygen atoms in total. The van der Waals surface area contributed by atoms with Crippen LogP contribution in [0.1, 0.15) is 11.1 Å². The maximum absolute atomic E-state index is 13.6. The molecule has 0 aliphatic heterocycles. The van der Waals surface area contributed by atoms with E-state index in [1.54, 1.807) is 43.7 Å². The lowest BCUT2D eigenvalue weighted by Crippen LogP contribution is -2.20. The molecular formula is C31H20Br2ClN3O4. The van der Waals surface area contributed by atoms with Crippen molar-refractivity contribution < 1.29 is 13.9 Å². The SMILES string of the molecule is COc1cc(C=Nn2c(-c3cc4cc(Br)ccc4o3)nc3ccccc3c2=O)c(Br)cc1OCc1ccc(Cl)cc1. The van der Waals surface area contributed by atoms with Gasteiger partial charge in [-0.3, -0.25) is 4.79 Å². The largest absolute Gasteiger partial charge is 0.493 e. The third kappa shape index (κ3) is 5.66.